The fourth-order valence-electron chi connectivity index (χ4n) is 1.89. The van der Waals surface area contributed by atoms with Gasteiger partial charge in [0.05, 0.1) is 6.07 Å². The van der Waals surface area contributed by atoms with Crippen LogP contribution in [0.3, 0.4) is 0 Å². The summed E-state index contributed by atoms with van der Waals surface area (Å²) < 4.78 is 16.4. The Morgan fingerprint density at radius 2 is 1.83 bits per heavy atom. The van der Waals surface area contributed by atoms with Gasteiger partial charge in [0.2, 0.25) is 0 Å². The van der Waals surface area contributed by atoms with Gasteiger partial charge in [0.25, 0.3) is 0 Å². The van der Waals surface area contributed by atoms with E-state index in [1.807, 2.05) is 0 Å². The lowest BCUT2D eigenvalue weighted by Gasteiger charge is -2.10. The zero-order chi connectivity index (χ0) is 12.9. The maximum absolute atomic E-state index is 8.36. The predicted molar refractivity (Wildman–Crippen MR) is 69.1 cm³/mol. The van der Waals surface area contributed by atoms with Crippen LogP contribution in [0.5, 0.6) is 0 Å². The van der Waals surface area contributed by atoms with E-state index in [0.29, 0.717) is 6.42 Å². The highest BCUT2D eigenvalue weighted by Crippen LogP contribution is 2.13. The van der Waals surface area contributed by atoms with E-state index in [2.05, 4.69) is 6.07 Å². The third-order valence-electron chi connectivity index (χ3n) is 2.95. The molecule has 0 aliphatic carbocycles. The van der Waals surface area contributed by atoms with Gasteiger partial charge in [-0.1, -0.05) is 0 Å². The van der Waals surface area contributed by atoms with Crippen molar-refractivity contribution in [3.63, 3.8) is 0 Å². The van der Waals surface area contributed by atoms with Crippen molar-refractivity contribution in [2.24, 2.45) is 0 Å². The van der Waals surface area contributed by atoms with Crippen LogP contribution >= 0.6 is 0 Å². The van der Waals surface area contributed by atoms with Crippen LogP contribution in [0.15, 0.2) is 0 Å². The van der Waals surface area contributed by atoms with Gasteiger partial charge in [-0.15, -0.1) is 0 Å². The molecule has 1 fully saturated rings. The maximum Gasteiger partial charge on any atom is 0.157 e. The van der Waals surface area contributed by atoms with Crippen LogP contribution in [-0.4, -0.2) is 32.7 Å². The molecule has 0 spiro atoms. The lowest BCUT2D eigenvalue weighted by atomic mass is 10.2. The fourth-order valence-corrected chi connectivity index (χ4v) is 1.89. The fraction of sp³-hybridized carbons (Fsp3) is 0.929. The molecule has 1 rings (SSSR count). The van der Waals surface area contributed by atoms with Gasteiger partial charge in [0, 0.05) is 39.3 Å². The maximum atomic E-state index is 8.36. The third kappa shape index (κ3) is 8.46. The summed E-state index contributed by atoms with van der Waals surface area (Å²) in [5, 5.41) is 8.36. The Balaban J connectivity index is 1.69. The molecule has 1 heterocycles. The summed E-state index contributed by atoms with van der Waals surface area (Å²) in [6.07, 6.45) is 8.14. The molecule has 0 aromatic heterocycles. The molecule has 0 bridgehead atoms. The summed E-state index contributed by atoms with van der Waals surface area (Å²) in [4.78, 5) is 0. The molecule has 0 aromatic carbocycles. The second-order valence-corrected chi connectivity index (χ2v) is 4.60. The van der Waals surface area contributed by atoms with Gasteiger partial charge in [0.1, 0.15) is 0 Å². The van der Waals surface area contributed by atoms with Gasteiger partial charge in [-0.2, -0.15) is 5.26 Å². The van der Waals surface area contributed by atoms with Crippen LogP contribution in [0.1, 0.15) is 51.4 Å². The monoisotopic (exact) mass is 255 g/mol. The number of nitriles is 1. The average Bonchev–Trinajstić information content (AvgIpc) is 2.89. The quantitative estimate of drug-likeness (QED) is 0.532. The molecule has 4 nitrogen and oxygen atoms in total. The van der Waals surface area contributed by atoms with Gasteiger partial charge in [-0.05, 0) is 38.5 Å². The van der Waals surface area contributed by atoms with Crippen molar-refractivity contribution < 1.29 is 14.2 Å². The van der Waals surface area contributed by atoms with Gasteiger partial charge in [-0.25, -0.2) is 0 Å². The SMILES string of the molecule is N#CCCCCOCCCCCOC1CCCO1. The van der Waals surface area contributed by atoms with E-state index in [4.69, 9.17) is 19.5 Å². The molecule has 104 valence electrons. The number of rotatable bonds is 11. The highest BCUT2D eigenvalue weighted by atomic mass is 16.7. The minimum Gasteiger partial charge on any atom is -0.381 e. The Hall–Kier alpha value is -0.630. The molecule has 0 saturated carbocycles. The number of hydrogen-bond donors (Lipinski definition) is 0. The Morgan fingerprint density at radius 3 is 2.56 bits per heavy atom. The second kappa shape index (κ2) is 11.5. The molecule has 1 atom stereocenters. The average molecular weight is 255 g/mol. The van der Waals surface area contributed by atoms with Crippen molar-refractivity contribution in [1.29, 1.82) is 5.26 Å². The molecule has 18 heavy (non-hydrogen) atoms. The topological polar surface area (TPSA) is 51.5 Å². The summed E-state index contributed by atoms with van der Waals surface area (Å²) in [6.45, 7) is 3.26. The zero-order valence-corrected chi connectivity index (χ0v) is 11.2. The first kappa shape index (κ1) is 15.4. The van der Waals surface area contributed by atoms with Gasteiger partial charge >= 0.3 is 0 Å². The van der Waals surface area contributed by atoms with E-state index in [-0.39, 0.29) is 6.29 Å². The normalized spacial score (nSPS) is 18.9. The minimum atomic E-state index is 0.0568. The summed E-state index contributed by atoms with van der Waals surface area (Å²) in [5.74, 6) is 0. The van der Waals surface area contributed by atoms with Crippen molar-refractivity contribution in [3.05, 3.63) is 0 Å². The van der Waals surface area contributed by atoms with E-state index in [1.165, 1.54) is 0 Å². The molecule has 1 saturated heterocycles. The molecule has 0 radical (unpaired) electrons. The lowest BCUT2D eigenvalue weighted by Crippen LogP contribution is -2.11. The van der Waals surface area contributed by atoms with Crippen molar-refractivity contribution in [2.75, 3.05) is 26.4 Å². The first-order valence-electron chi connectivity index (χ1n) is 7.11. The number of ether oxygens (including phenoxy) is 3. The summed E-state index contributed by atoms with van der Waals surface area (Å²) in [5.41, 5.74) is 0. The first-order chi connectivity index (χ1) is 8.93. The van der Waals surface area contributed by atoms with Crippen molar-refractivity contribution in [1.82, 2.24) is 0 Å². The van der Waals surface area contributed by atoms with E-state index in [0.717, 1.165) is 71.4 Å². The molecule has 1 aliphatic heterocycles. The van der Waals surface area contributed by atoms with Crippen LogP contribution < -0.4 is 0 Å². The smallest absolute Gasteiger partial charge is 0.157 e. The molecule has 0 aromatic rings. The highest BCUT2D eigenvalue weighted by Gasteiger charge is 2.14. The van der Waals surface area contributed by atoms with E-state index in [1.54, 1.807) is 0 Å². The Bertz CT molecular complexity index is 222. The van der Waals surface area contributed by atoms with Crippen LogP contribution in [0.25, 0.3) is 0 Å². The van der Waals surface area contributed by atoms with Crippen molar-refractivity contribution in [2.45, 2.75) is 57.7 Å². The van der Waals surface area contributed by atoms with Crippen LogP contribution in [0.4, 0.5) is 0 Å². The summed E-state index contributed by atoms with van der Waals surface area (Å²) in [7, 11) is 0. The molecule has 4 heteroatoms. The number of unbranched alkanes of at least 4 members (excludes halogenated alkanes) is 4. The molecular formula is C14H25NO3. The number of nitrogens with zero attached hydrogens (tertiary/aromatic N) is 1. The predicted octanol–water partition coefficient (Wildman–Crippen LogP) is 3.02. The van der Waals surface area contributed by atoms with Gasteiger partial charge in [0.15, 0.2) is 6.29 Å². The Kier molecular flexibility index (Phi) is 9.82. The van der Waals surface area contributed by atoms with Gasteiger partial charge in [-0.3, -0.25) is 0 Å². The highest BCUT2D eigenvalue weighted by molar-refractivity contribution is 4.67. The Morgan fingerprint density at radius 1 is 1.06 bits per heavy atom. The van der Waals surface area contributed by atoms with Crippen LogP contribution in [-0.2, 0) is 14.2 Å². The lowest BCUT2D eigenvalue weighted by molar-refractivity contribution is -0.111. The van der Waals surface area contributed by atoms with Gasteiger partial charge < -0.3 is 14.2 Å². The summed E-state index contributed by atoms with van der Waals surface area (Å²) >= 11 is 0. The molecule has 1 unspecified atom stereocenters. The van der Waals surface area contributed by atoms with Crippen molar-refractivity contribution >= 4 is 0 Å². The summed E-state index contributed by atoms with van der Waals surface area (Å²) in [6, 6.07) is 2.14. The molecule has 1 aliphatic rings. The van der Waals surface area contributed by atoms with Crippen molar-refractivity contribution in [3.8, 4) is 6.07 Å². The molecule has 0 amide bonds. The second-order valence-electron chi connectivity index (χ2n) is 4.60. The zero-order valence-electron chi connectivity index (χ0n) is 11.2. The van der Waals surface area contributed by atoms with E-state index in [9.17, 15) is 0 Å². The first-order valence-corrected chi connectivity index (χ1v) is 7.11. The standard InChI is InChI=1S/C14H25NO3/c15-9-3-1-4-10-16-11-5-2-6-12-17-14-8-7-13-18-14/h14H,1-8,10-13H2. The van der Waals surface area contributed by atoms with Crippen LogP contribution in [0, 0.1) is 11.3 Å². The van der Waals surface area contributed by atoms with E-state index < -0.39 is 0 Å². The molecular weight excluding hydrogens is 230 g/mol. The third-order valence-corrected chi connectivity index (χ3v) is 2.95. The minimum absolute atomic E-state index is 0.0568. The largest absolute Gasteiger partial charge is 0.381 e. The Labute approximate surface area is 110 Å². The molecule has 0 N–H and O–H groups in total. The van der Waals surface area contributed by atoms with Crippen LogP contribution in [0.2, 0.25) is 0 Å². The number of hydrogen-bond acceptors (Lipinski definition) is 4. The van der Waals surface area contributed by atoms with E-state index >= 15 is 0 Å².